The van der Waals surface area contributed by atoms with Gasteiger partial charge in [0.15, 0.2) is 0 Å². The molecule has 0 saturated carbocycles. The van der Waals surface area contributed by atoms with Gasteiger partial charge in [0.25, 0.3) is 0 Å². The van der Waals surface area contributed by atoms with Crippen molar-refractivity contribution in [2.75, 3.05) is 5.75 Å². The van der Waals surface area contributed by atoms with E-state index in [0.717, 1.165) is 37.1 Å². The molecule has 1 aliphatic rings. The molecular formula is C18H21F3N2S2. The van der Waals surface area contributed by atoms with E-state index in [1.165, 1.54) is 12.1 Å². The number of alkyl halides is 3. The third-order valence-corrected chi connectivity index (χ3v) is 8.24. The second kappa shape index (κ2) is 7.66. The zero-order chi connectivity index (χ0) is 17.9. The van der Waals surface area contributed by atoms with Gasteiger partial charge in [0.05, 0.1) is 16.0 Å². The summed E-state index contributed by atoms with van der Waals surface area (Å²) in [5, 5.41) is 0.611. The van der Waals surface area contributed by atoms with Crippen LogP contribution in [0.3, 0.4) is 0 Å². The first kappa shape index (κ1) is 18.7. The fourth-order valence-corrected chi connectivity index (χ4v) is 6.63. The number of imidazole rings is 1. The highest BCUT2D eigenvalue weighted by molar-refractivity contribution is 8.21. The summed E-state index contributed by atoms with van der Waals surface area (Å²) in [6.45, 7) is 3.16. The normalized spacial score (nSPS) is 23.9. The van der Waals surface area contributed by atoms with E-state index in [1.54, 1.807) is 18.3 Å². The molecule has 0 aliphatic carbocycles. The Morgan fingerprint density at radius 2 is 2.00 bits per heavy atom. The smallest absolute Gasteiger partial charge is 0.337 e. The Kier molecular flexibility index (Phi) is 5.73. The fraction of sp³-hybridized carbons (Fsp3) is 0.500. The van der Waals surface area contributed by atoms with Crippen LogP contribution in [-0.4, -0.2) is 24.6 Å². The van der Waals surface area contributed by atoms with Gasteiger partial charge in [-0.05, 0) is 37.0 Å². The Bertz CT molecular complexity index is 671. The van der Waals surface area contributed by atoms with Crippen molar-refractivity contribution >= 4 is 23.5 Å². The van der Waals surface area contributed by atoms with Crippen molar-refractivity contribution in [2.24, 2.45) is 0 Å². The van der Waals surface area contributed by atoms with Crippen LogP contribution in [0.4, 0.5) is 13.2 Å². The first-order valence-corrected chi connectivity index (χ1v) is 10.2. The van der Waals surface area contributed by atoms with E-state index in [0.29, 0.717) is 5.25 Å². The molecule has 0 bridgehead atoms. The minimum absolute atomic E-state index is 0.131. The van der Waals surface area contributed by atoms with E-state index in [1.807, 2.05) is 36.0 Å². The highest BCUT2D eigenvalue weighted by atomic mass is 32.2. The molecule has 2 nitrogen and oxygen atoms in total. The lowest BCUT2D eigenvalue weighted by molar-refractivity contribution is -0.137. The number of halogens is 3. The zero-order valence-electron chi connectivity index (χ0n) is 14.0. The molecule has 1 aromatic carbocycles. The number of rotatable bonds is 6. The van der Waals surface area contributed by atoms with Crippen molar-refractivity contribution in [3.05, 3.63) is 54.1 Å². The minimum atomic E-state index is -4.27. The van der Waals surface area contributed by atoms with Gasteiger partial charge < -0.3 is 4.57 Å². The van der Waals surface area contributed by atoms with Crippen molar-refractivity contribution in [1.29, 1.82) is 0 Å². The highest BCUT2D eigenvalue weighted by Gasteiger charge is 2.38. The maximum atomic E-state index is 12.7. The van der Waals surface area contributed by atoms with Crippen molar-refractivity contribution in [3.63, 3.8) is 0 Å². The number of benzene rings is 1. The zero-order valence-corrected chi connectivity index (χ0v) is 15.6. The summed E-state index contributed by atoms with van der Waals surface area (Å²) in [6.07, 6.45) is 4.11. The predicted molar refractivity (Wildman–Crippen MR) is 98.9 cm³/mol. The molecule has 0 radical (unpaired) electrons. The molecule has 1 saturated heterocycles. The molecule has 2 aromatic rings. The van der Waals surface area contributed by atoms with Crippen LogP contribution in [0.15, 0.2) is 43.0 Å². The number of aromatic nitrogens is 2. The average molecular weight is 387 g/mol. The molecule has 0 spiro atoms. The molecule has 136 valence electrons. The first-order valence-electron chi connectivity index (χ1n) is 8.30. The standard InChI is InChI=1S/C18H21F3N2S2/c1-14-12-24-17(25-14,8-10-23-11-9-22-13-23)7-6-15-2-4-16(5-3-15)18(19,20)21/h2-5,9,11,13-14H,6-8,10,12H2,1H3. The monoisotopic (exact) mass is 386 g/mol. The minimum Gasteiger partial charge on any atom is -0.337 e. The van der Waals surface area contributed by atoms with Gasteiger partial charge in [0.1, 0.15) is 0 Å². The molecule has 1 aromatic heterocycles. The van der Waals surface area contributed by atoms with Crippen LogP contribution in [0.25, 0.3) is 0 Å². The summed E-state index contributed by atoms with van der Waals surface area (Å²) in [6, 6.07) is 5.59. The van der Waals surface area contributed by atoms with Crippen LogP contribution < -0.4 is 0 Å². The molecule has 25 heavy (non-hydrogen) atoms. The summed E-state index contributed by atoms with van der Waals surface area (Å²) in [7, 11) is 0. The van der Waals surface area contributed by atoms with Crippen molar-refractivity contribution < 1.29 is 13.2 Å². The molecule has 1 fully saturated rings. The summed E-state index contributed by atoms with van der Waals surface area (Å²) >= 11 is 4.01. The average Bonchev–Trinajstić information content (AvgIpc) is 3.21. The van der Waals surface area contributed by atoms with E-state index in [-0.39, 0.29) is 4.08 Å². The van der Waals surface area contributed by atoms with E-state index in [9.17, 15) is 13.2 Å². The number of hydrogen-bond donors (Lipinski definition) is 0. The lowest BCUT2D eigenvalue weighted by atomic mass is 10.0. The van der Waals surface area contributed by atoms with Crippen LogP contribution in [0.5, 0.6) is 0 Å². The summed E-state index contributed by atoms with van der Waals surface area (Å²) in [4.78, 5) is 4.08. The van der Waals surface area contributed by atoms with Crippen LogP contribution in [-0.2, 0) is 19.1 Å². The van der Waals surface area contributed by atoms with Gasteiger partial charge in [-0.1, -0.05) is 19.1 Å². The topological polar surface area (TPSA) is 17.8 Å². The van der Waals surface area contributed by atoms with Gasteiger partial charge in [0.2, 0.25) is 0 Å². The number of aryl methyl sites for hydroxylation is 2. The van der Waals surface area contributed by atoms with Crippen LogP contribution in [0.2, 0.25) is 0 Å². The summed E-state index contributed by atoms with van der Waals surface area (Å²) in [5.41, 5.74) is 0.389. The van der Waals surface area contributed by atoms with Gasteiger partial charge in [-0.3, -0.25) is 0 Å². The van der Waals surface area contributed by atoms with Crippen LogP contribution in [0.1, 0.15) is 30.9 Å². The van der Waals surface area contributed by atoms with E-state index < -0.39 is 11.7 Å². The van der Waals surface area contributed by atoms with Gasteiger partial charge in [-0.15, -0.1) is 23.5 Å². The molecule has 0 amide bonds. The summed E-state index contributed by atoms with van der Waals surface area (Å²) in [5.74, 6) is 1.13. The summed E-state index contributed by atoms with van der Waals surface area (Å²) < 4.78 is 40.2. The Morgan fingerprint density at radius 1 is 1.24 bits per heavy atom. The molecule has 3 rings (SSSR count). The van der Waals surface area contributed by atoms with Crippen molar-refractivity contribution in [1.82, 2.24) is 9.55 Å². The molecule has 7 heteroatoms. The Labute approximate surface area is 154 Å². The second-order valence-corrected chi connectivity index (χ2v) is 9.88. The molecule has 1 aliphatic heterocycles. The lowest BCUT2D eigenvalue weighted by Crippen LogP contribution is -2.21. The quantitative estimate of drug-likeness (QED) is 0.654. The fourth-order valence-electron chi connectivity index (χ4n) is 3.00. The third-order valence-electron chi connectivity index (χ3n) is 4.38. The molecule has 2 atom stereocenters. The largest absolute Gasteiger partial charge is 0.416 e. The van der Waals surface area contributed by atoms with Gasteiger partial charge in [-0.25, -0.2) is 4.98 Å². The first-order chi connectivity index (χ1) is 11.9. The van der Waals surface area contributed by atoms with Gasteiger partial charge >= 0.3 is 6.18 Å². The lowest BCUT2D eigenvalue weighted by Gasteiger charge is -2.28. The number of thioether (sulfide) groups is 2. The van der Waals surface area contributed by atoms with Crippen LogP contribution >= 0.6 is 23.5 Å². The van der Waals surface area contributed by atoms with Gasteiger partial charge in [0, 0.05) is 29.9 Å². The molecule has 2 unspecified atom stereocenters. The van der Waals surface area contributed by atoms with E-state index >= 15 is 0 Å². The van der Waals surface area contributed by atoms with E-state index in [4.69, 9.17) is 0 Å². The third kappa shape index (κ3) is 4.97. The second-order valence-electron chi connectivity index (χ2n) is 6.40. The Morgan fingerprint density at radius 3 is 2.56 bits per heavy atom. The molecule has 2 heterocycles. The molecular weight excluding hydrogens is 365 g/mol. The Balaban J connectivity index is 1.62. The molecule has 0 N–H and O–H groups in total. The maximum absolute atomic E-state index is 12.7. The van der Waals surface area contributed by atoms with Crippen LogP contribution in [0, 0.1) is 0 Å². The highest BCUT2D eigenvalue weighted by Crippen LogP contribution is 2.53. The maximum Gasteiger partial charge on any atom is 0.416 e. The Hall–Kier alpha value is -1.08. The van der Waals surface area contributed by atoms with Gasteiger partial charge in [-0.2, -0.15) is 13.2 Å². The van der Waals surface area contributed by atoms with Crippen molar-refractivity contribution in [3.8, 4) is 0 Å². The van der Waals surface area contributed by atoms with Crippen molar-refractivity contribution in [2.45, 2.75) is 48.2 Å². The van der Waals surface area contributed by atoms with E-state index in [2.05, 4.69) is 16.5 Å². The predicted octanol–water partition coefficient (Wildman–Crippen LogP) is 5.49. The number of nitrogens with zero attached hydrogens (tertiary/aromatic N) is 2. The SMILES string of the molecule is CC1CSC(CCc2ccc(C(F)(F)F)cc2)(CCn2ccnc2)S1. The number of hydrogen-bond acceptors (Lipinski definition) is 3.